The Labute approximate surface area is 203 Å². The van der Waals surface area contributed by atoms with Crippen LogP contribution >= 0.6 is 0 Å². The molecule has 0 spiro atoms. The number of rotatable bonds is 6. The Hall–Kier alpha value is -3.66. The minimum atomic E-state index is -0.771. The second kappa shape index (κ2) is 10.3. The summed E-state index contributed by atoms with van der Waals surface area (Å²) in [6.07, 6.45) is 1.47. The van der Waals surface area contributed by atoms with Crippen LogP contribution in [0, 0.1) is 5.82 Å². The molecule has 2 atom stereocenters. The molecule has 0 radical (unpaired) electrons. The highest BCUT2D eigenvalue weighted by atomic mass is 19.1. The number of piperazine rings is 1. The van der Waals surface area contributed by atoms with Gasteiger partial charge in [-0.25, -0.2) is 14.0 Å². The van der Waals surface area contributed by atoms with Gasteiger partial charge in [-0.2, -0.15) is 0 Å². The molecule has 1 fully saturated rings. The number of carbonyl (C=O) groups excluding carboxylic acids is 3. The zero-order valence-corrected chi connectivity index (χ0v) is 20.0. The molecule has 3 amide bonds. The van der Waals surface area contributed by atoms with Crippen molar-refractivity contribution in [2.45, 2.75) is 25.9 Å². The molecule has 1 aromatic carbocycles. The third-order valence-corrected chi connectivity index (χ3v) is 6.35. The third kappa shape index (κ3) is 5.07. The second-order valence-corrected chi connectivity index (χ2v) is 8.63. The molecule has 2 aliphatic rings. The van der Waals surface area contributed by atoms with E-state index < -0.39 is 17.8 Å². The first-order valence-electron chi connectivity index (χ1n) is 11.6. The number of nitrogens with zero attached hydrogens (tertiary/aromatic N) is 3. The van der Waals surface area contributed by atoms with Crippen molar-refractivity contribution in [3.63, 3.8) is 0 Å². The fourth-order valence-corrected chi connectivity index (χ4v) is 4.54. The Morgan fingerprint density at radius 3 is 2.57 bits per heavy atom. The van der Waals surface area contributed by atoms with Crippen LogP contribution in [0.3, 0.4) is 0 Å². The molecule has 2 aromatic rings. The van der Waals surface area contributed by atoms with Gasteiger partial charge in [0.1, 0.15) is 5.82 Å². The molecular formula is C25H29FN4O5. The standard InChI is InChI=1S/C25H29FN4O5/c1-4-34-24(32)21-19(28(3)25(33)27-22(21)17-7-9-18(26)10-8-17)15-29-11-12-30(16(2)14-29)23(31)20-6-5-13-35-20/h5-10,13,16,22H,4,11-12,14-15H2,1-3H3,(H,27,33)/t16-,22-/m0/s1. The van der Waals surface area contributed by atoms with Crippen LogP contribution in [0.25, 0.3) is 0 Å². The lowest BCUT2D eigenvalue weighted by atomic mass is 9.94. The molecule has 0 bridgehead atoms. The Balaban J connectivity index is 1.61. The Morgan fingerprint density at radius 1 is 1.20 bits per heavy atom. The number of benzene rings is 1. The fourth-order valence-electron chi connectivity index (χ4n) is 4.54. The summed E-state index contributed by atoms with van der Waals surface area (Å²) in [5, 5.41) is 2.83. The molecule has 1 N–H and O–H groups in total. The molecule has 3 heterocycles. The van der Waals surface area contributed by atoms with Gasteiger partial charge in [0.05, 0.1) is 24.5 Å². The zero-order valence-electron chi connectivity index (χ0n) is 20.0. The van der Waals surface area contributed by atoms with Gasteiger partial charge in [0.15, 0.2) is 5.76 Å². The number of nitrogens with one attached hydrogen (secondary N) is 1. The molecule has 1 saturated heterocycles. The van der Waals surface area contributed by atoms with Crippen molar-refractivity contribution in [3.8, 4) is 0 Å². The average Bonchev–Trinajstić information content (AvgIpc) is 3.37. The molecule has 4 rings (SSSR count). The van der Waals surface area contributed by atoms with Crippen LogP contribution < -0.4 is 5.32 Å². The van der Waals surface area contributed by atoms with Gasteiger partial charge in [-0.1, -0.05) is 12.1 Å². The van der Waals surface area contributed by atoms with E-state index in [0.717, 1.165) is 0 Å². The first-order valence-corrected chi connectivity index (χ1v) is 11.6. The Morgan fingerprint density at radius 2 is 1.94 bits per heavy atom. The predicted octanol–water partition coefficient (Wildman–Crippen LogP) is 2.78. The summed E-state index contributed by atoms with van der Waals surface area (Å²) in [5.41, 5.74) is 1.40. The molecule has 0 aliphatic carbocycles. The van der Waals surface area contributed by atoms with Gasteiger partial charge >= 0.3 is 12.0 Å². The van der Waals surface area contributed by atoms with Crippen LogP contribution in [0.5, 0.6) is 0 Å². The lowest BCUT2D eigenvalue weighted by Gasteiger charge is -2.42. The topological polar surface area (TPSA) is 95.3 Å². The number of halogens is 1. The van der Waals surface area contributed by atoms with Crippen LogP contribution in [-0.2, 0) is 9.53 Å². The van der Waals surface area contributed by atoms with Crippen molar-refractivity contribution in [2.75, 3.05) is 39.8 Å². The van der Waals surface area contributed by atoms with Crippen molar-refractivity contribution in [3.05, 3.63) is 71.1 Å². The van der Waals surface area contributed by atoms with Crippen molar-refractivity contribution in [2.24, 2.45) is 0 Å². The van der Waals surface area contributed by atoms with E-state index in [1.54, 1.807) is 43.1 Å². The van der Waals surface area contributed by atoms with Gasteiger partial charge in [-0.05, 0) is 43.7 Å². The van der Waals surface area contributed by atoms with Crippen molar-refractivity contribution >= 4 is 17.9 Å². The minimum Gasteiger partial charge on any atom is -0.463 e. The molecule has 9 nitrogen and oxygen atoms in total. The lowest BCUT2D eigenvalue weighted by Crippen LogP contribution is -2.56. The molecule has 0 saturated carbocycles. The number of urea groups is 1. The van der Waals surface area contributed by atoms with Crippen molar-refractivity contribution in [1.82, 2.24) is 20.0 Å². The van der Waals surface area contributed by atoms with Crippen LogP contribution in [0.2, 0.25) is 0 Å². The van der Waals surface area contributed by atoms with Gasteiger partial charge in [-0.15, -0.1) is 0 Å². The maximum Gasteiger partial charge on any atom is 0.338 e. The molecule has 186 valence electrons. The fraction of sp³-hybridized carbons (Fsp3) is 0.400. The highest BCUT2D eigenvalue weighted by molar-refractivity contribution is 5.95. The Kier molecular flexibility index (Phi) is 7.20. The smallest absolute Gasteiger partial charge is 0.338 e. The van der Waals surface area contributed by atoms with Crippen LogP contribution in [0.4, 0.5) is 9.18 Å². The number of esters is 1. The van der Waals surface area contributed by atoms with Crippen LogP contribution in [0.15, 0.2) is 58.3 Å². The van der Waals surface area contributed by atoms with Gasteiger partial charge in [0.2, 0.25) is 0 Å². The summed E-state index contributed by atoms with van der Waals surface area (Å²) in [7, 11) is 1.60. The van der Waals surface area contributed by atoms with E-state index >= 15 is 0 Å². The second-order valence-electron chi connectivity index (χ2n) is 8.63. The quantitative estimate of drug-likeness (QED) is 0.634. The predicted molar refractivity (Wildman–Crippen MR) is 125 cm³/mol. The molecule has 0 unspecified atom stereocenters. The summed E-state index contributed by atoms with van der Waals surface area (Å²) in [4.78, 5) is 43.9. The van der Waals surface area contributed by atoms with Gasteiger partial charge in [0.25, 0.3) is 5.91 Å². The number of furan rings is 1. The van der Waals surface area contributed by atoms with E-state index in [0.29, 0.717) is 48.8 Å². The number of amides is 3. The number of ether oxygens (including phenoxy) is 1. The molecule has 2 aliphatic heterocycles. The largest absolute Gasteiger partial charge is 0.463 e. The van der Waals surface area contributed by atoms with Crippen LogP contribution in [-0.4, -0.2) is 78.5 Å². The number of carbonyl (C=O) groups is 3. The highest BCUT2D eigenvalue weighted by Gasteiger charge is 2.38. The first-order chi connectivity index (χ1) is 16.8. The van der Waals surface area contributed by atoms with Gasteiger partial charge < -0.3 is 19.4 Å². The maximum absolute atomic E-state index is 13.5. The summed E-state index contributed by atoms with van der Waals surface area (Å²) in [6, 6.07) is 7.74. The van der Waals surface area contributed by atoms with E-state index in [1.807, 2.05) is 6.92 Å². The van der Waals surface area contributed by atoms with E-state index in [4.69, 9.17) is 9.15 Å². The van der Waals surface area contributed by atoms with Crippen molar-refractivity contribution in [1.29, 1.82) is 0 Å². The van der Waals surface area contributed by atoms with Crippen molar-refractivity contribution < 1.29 is 27.9 Å². The SMILES string of the molecule is CCOC(=O)C1=C(CN2CCN(C(=O)c3ccco3)[C@@H](C)C2)N(C)C(=O)N[C@H]1c1ccc(F)cc1. The molecule has 1 aromatic heterocycles. The monoisotopic (exact) mass is 484 g/mol. The average molecular weight is 485 g/mol. The number of likely N-dealkylation sites (N-methyl/N-ethyl adjacent to an activating group) is 1. The molecular weight excluding hydrogens is 455 g/mol. The van der Waals surface area contributed by atoms with E-state index in [9.17, 15) is 18.8 Å². The van der Waals surface area contributed by atoms with E-state index in [2.05, 4.69) is 10.2 Å². The normalized spacial score (nSPS) is 21.2. The van der Waals surface area contributed by atoms with Crippen LogP contribution in [0.1, 0.15) is 36.0 Å². The summed E-state index contributed by atoms with van der Waals surface area (Å²) in [5.74, 6) is -0.822. The summed E-state index contributed by atoms with van der Waals surface area (Å²) >= 11 is 0. The number of hydrogen-bond acceptors (Lipinski definition) is 6. The number of hydrogen-bond donors (Lipinski definition) is 1. The van der Waals surface area contributed by atoms with Gasteiger partial charge in [-0.3, -0.25) is 14.6 Å². The maximum atomic E-state index is 13.5. The Bertz CT molecular complexity index is 1120. The molecule has 35 heavy (non-hydrogen) atoms. The highest BCUT2D eigenvalue weighted by Crippen LogP contribution is 2.32. The molecule has 10 heteroatoms. The van der Waals surface area contributed by atoms with E-state index in [-0.39, 0.29) is 24.6 Å². The van der Waals surface area contributed by atoms with E-state index in [1.165, 1.54) is 23.3 Å². The summed E-state index contributed by atoms with van der Waals surface area (Å²) < 4.78 is 24.1. The lowest BCUT2D eigenvalue weighted by molar-refractivity contribution is -0.139. The minimum absolute atomic E-state index is 0.108. The third-order valence-electron chi connectivity index (χ3n) is 6.35. The first kappa shape index (κ1) is 24.5. The zero-order chi connectivity index (χ0) is 25.1. The summed E-state index contributed by atoms with van der Waals surface area (Å²) in [6.45, 7) is 5.71. The van der Waals surface area contributed by atoms with Gasteiger partial charge in [0, 0.05) is 45.0 Å².